The molecule has 1 heterocycles. The van der Waals surface area contributed by atoms with E-state index in [1.807, 2.05) is 31.2 Å². The number of benzene rings is 2. The zero-order chi connectivity index (χ0) is 14.8. The fraction of sp³-hybridized carbons (Fsp3) is 0.294. The van der Waals surface area contributed by atoms with Crippen molar-refractivity contribution in [1.29, 1.82) is 0 Å². The summed E-state index contributed by atoms with van der Waals surface area (Å²) in [5.74, 6) is 1.33. The van der Waals surface area contributed by atoms with Crippen LogP contribution in [0.15, 0.2) is 36.4 Å². The molecular formula is C17H18FNO2. The van der Waals surface area contributed by atoms with Gasteiger partial charge in [0.2, 0.25) is 0 Å². The predicted octanol–water partition coefficient (Wildman–Crippen LogP) is 4.08. The van der Waals surface area contributed by atoms with Crippen LogP contribution in [0.5, 0.6) is 11.5 Å². The average molecular weight is 287 g/mol. The molecule has 0 amide bonds. The monoisotopic (exact) mass is 287 g/mol. The maximum Gasteiger partial charge on any atom is 0.163 e. The molecule has 1 atom stereocenters. The van der Waals surface area contributed by atoms with Crippen LogP contribution in [0.1, 0.15) is 24.1 Å². The minimum atomic E-state index is -0.177. The molecular weight excluding hydrogens is 269 g/mol. The van der Waals surface area contributed by atoms with E-state index in [-0.39, 0.29) is 11.9 Å². The van der Waals surface area contributed by atoms with Crippen molar-refractivity contribution in [2.45, 2.75) is 19.9 Å². The molecule has 2 aromatic rings. The highest BCUT2D eigenvalue weighted by Gasteiger charge is 2.13. The Morgan fingerprint density at radius 1 is 1.05 bits per heavy atom. The zero-order valence-corrected chi connectivity index (χ0v) is 12.2. The van der Waals surface area contributed by atoms with Crippen molar-refractivity contribution in [3.05, 3.63) is 53.3 Å². The number of anilines is 1. The van der Waals surface area contributed by atoms with Gasteiger partial charge < -0.3 is 14.8 Å². The normalized spacial score (nSPS) is 14.6. The molecule has 0 bridgehead atoms. The van der Waals surface area contributed by atoms with Crippen LogP contribution in [0, 0.1) is 12.7 Å². The van der Waals surface area contributed by atoms with E-state index in [1.165, 1.54) is 0 Å². The molecule has 110 valence electrons. The fourth-order valence-electron chi connectivity index (χ4n) is 2.34. The Morgan fingerprint density at radius 3 is 2.57 bits per heavy atom. The van der Waals surface area contributed by atoms with Gasteiger partial charge in [-0.25, -0.2) is 4.39 Å². The van der Waals surface area contributed by atoms with Crippen molar-refractivity contribution in [1.82, 2.24) is 0 Å². The molecule has 0 fully saturated rings. The molecule has 1 unspecified atom stereocenters. The summed E-state index contributed by atoms with van der Waals surface area (Å²) in [6, 6.07) is 11.1. The Labute approximate surface area is 123 Å². The van der Waals surface area contributed by atoms with Gasteiger partial charge in [0.25, 0.3) is 0 Å². The first-order chi connectivity index (χ1) is 10.1. The molecule has 0 radical (unpaired) electrons. The molecule has 21 heavy (non-hydrogen) atoms. The second-order valence-corrected chi connectivity index (χ2v) is 5.23. The zero-order valence-electron chi connectivity index (χ0n) is 12.2. The molecule has 4 heteroatoms. The summed E-state index contributed by atoms with van der Waals surface area (Å²) < 4.78 is 24.7. The number of ether oxygens (including phenoxy) is 2. The summed E-state index contributed by atoms with van der Waals surface area (Å²) in [6.45, 7) is 4.91. The molecule has 1 aliphatic heterocycles. The molecule has 0 saturated carbocycles. The van der Waals surface area contributed by atoms with Crippen LogP contribution in [0.3, 0.4) is 0 Å². The van der Waals surface area contributed by atoms with Crippen LogP contribution < -0.4 is 14.8 Å². The highest BCUT2D eigenvalue weighted by molar-refractivity contribution is 5.56. The predicted molar refractivity (Wildman–Crippen MR) is 80.6 cm³/mol. The van der Waals surface area contributed by atoms with Crippen molar-refractivity contribution in [2.24, 2.45) is 0 Å². The minimum Gasteiger partial charge on any atom is -0.486 e. The third-order valence-electron chi connectivity index (χ3n) is 3.62. The molecule has 3 rings (SSSR count). The Morgan fingerprint density at radius 2 is 1.81 bits per heavy atom. The third kappa shape index (κ3) is 2.94. The lowest BCUT2D eigenvalue weighted by Crippen LogP contribution is -2.15. The van der Waals surface area contributed by atoms with E-state index in [2.05, 4.69) is 5.32 Å². The minimum absolute atomic E-state index is 0.00246. The van der Waals surface area contributed by atoms with Gasteiger partial charge in [-0.1, -0.05) is 12.1 Å². The summed E-state index contributed by atoms with van der Waals surface area (Å²) in [6.07, 6.45) is 0. The number of halogens is 1. The summed E-state index contributed by atoms with van der Waals surface area (Å²) >= 11 is 0. The van der Waals surface area contributed by atoms with E-state index in [4.69, 9.17) is 9.47 Å². The van der Waals surface area contributed by atoms with Gasteiger partial charge in [0.05, 0.1) is 0 Å². The maximum atomic E-state index is 13.6. The number of fused-ring (bicyclic) bond motifs is 1. The molecule has 0 aromatic heterocycles. The van der Waals surface area contributed by atoms with Crippen LogP contribution >= 0.6 is 0 Å². The summed E-state index contributed by atoms with van der Waals surface area (Å²) in [5, 5.41) is 3.35. The van der Waals surface area contributed by atoms with Gasteiger partial charge in [-0.15, -0.1) is 0 Å². The van der Waals surface area contributed by atoms with Crippen LogP contribution in [-0.4, -0.2) is 13.2 Å². The first-order valence-corrected chi connectivity index (χ1v) is 7.06. The maximum absolute atomic E-state index is 13.6. The molecule has 0 aliphatic carbocycles. The Bertz CT molecular complexity index is 657. The lowest BCUT2D eigenvalue weighted by atomic mass is 10.1. The van der Waals surface area contributed by atoms with E-state index in [0.29, 0.717) is 18.8 Å². The van der Waals surface area contributed by atoms with Gasteiger partial charge in [0.1, 0.15) is 19.0 Å². The number of hydrogen-bond donors (Lipinski definition) is 1. The van der Waals surface area contributed by atoms with E-state index < -0.39 is 0 Å². The smallest absolute Gasteiger partial charge is 0.163 e. The van der Waals surface area contributed by atoms with Crippen LogP contribution in [-0.2, 0) is 0 Å². The number of nitrogens with one attached hydrogen (secondary N) is 1. The summed E-state index contributed by atoms with van der Waals surface area (Å²) in [4.78, 5) is 0. The van der Waals surface area contributed by atoms with Crippen molar-refractivity contribution >= 4 is 5.69 Å². The van der Waals surface area contributed by atoms with Gasteiger partial charge in [-0.2, -0.15) is 0 Å². The quantitative estimate of drug-likeness (QED) is 0.922. The van der Waals surface area contributed by atoms with Gasteiger partial charge in [-0.05, 0) is 43.2 Å². The lowest BCUT2D eigenvalue weighted by Gasteiger charge is -2.21. The second-order valence-electron chi connectivity index (χ2n) is 5.23. The van der Waals surface area contributed by atoms with E-state index in [0.717, 1.165) is 22.7 Å². The Kier molecular flexibility index (Phi) is 3.69. The van der Waals surface area contributed by atoms with Crippen molar-refractivity contribution in [2.75, 3.05) is 18.5 Å². The largest absolute Gasteiger partial charge is 0.486 e. The van der Waals surface area contributed by atoms with Crippen LogP contribution in [0.4, 0.5) is 10.1 Å². The molecule has 3 nitrogen and oxygen atoms in total. The number of rotatable bonds is 3. The van der Waals surface area contributed by atoms with Crippen molar-refractivity contribution < 1.29 is 13.9 Å². The Balaban J connectivity index is 1.77. The molecule has 1 aliphatic rings. The van der Waals surface area contributed by atoms with E-state index >= 15 is 0 Å². The first kappa shape index (κ1) is 13.7. The SMILES string of the molecule is Cc1ccc(C(C)Nc2ccc3c(c2)OCCO3)cc1F. The van der Waals surface area contributed by atoms with Gasteiger partial charge >= 0.3 is 0 Å². The third-order valence-corrected chi connectivity index (χ3v) is 3.62. The van der Waals surface area contributed by atoms with Gasteiger partial charge in [0, 0.05) is 17.8 Å². The molecule has 0 saturated heterocycles. The van der Waals surface area contributed by atoms with E-state index in [1.54, 1.807) is 19.1 Å². The topological polar surface area (TPSA) is 30.5 Å². The molecule has 1 N–H and O–H groups in total. The lowest BCUT2D eigenvalue weighted by molar-refractivity contribution is 0.171. The highest BCUT2D eigenvalue weighted by atomic mass is 19.1. The summed E-state index contributed by atoms with van der Waals surface area (Å²) in [7, 11) is 0. The summed E-state index contributed by atoms with van der Waals surface area (Å²) in [5.41, 5.74) is 2.49. The second kappa shape index (κ2) is 5.64. The fourth-order valence-corrected chi connectivity index (χ4v) is 2.34. The van der Waals surface area contributed by atoms with Crippen molar-refractivity contribution in [3.63, 3.8) is 0 Å². The average Bonchev–Trinajstić information content (AvgIpc) is 2.50. The molecule has 0 spiro atoms. The molecule has 2 aromatic carbocycles. The van der Waals surface area contributed by atoms with Crippen LogP contribution in [0.2, 0.25) is 0 Å². The standard InChI is InChI=1S/C17H18FNO2/c1-11-3-4-13(9-15(11)18)12(2)19-14-5-6-16-17(10-14)21-8-7-20-16/h3-6,9-10,12,19H,7-8H2,1-2H3. The first-order valence-electron chi connectivity index (χ1n) is 7.06. The number of aryl methyl sites for hydroxylation is 1. The van der Waals surface area contributed by atoms with Gasteiger partial charge in [-0.3, -0.25) is 0 Å². The Hall–Kier alpha value is -2.23. The van der Waals surface area contributed by atoms with Crippen LogP contribution in [0.25, 0.3) is 0 Å². The van der Waals surface area contributed by atoms with Gasteiger partial charge in [0.15, 0.2) is 11.5 Å². The number of hydrogen-bond acceptors (Lipinski definition) is 3. The van der Waals surface area contributed by atoms with Crippen molar-refractivity contribution in [3.8, 4) is 11.5 Å². The van der Waals surface area contributed by atoms with E-state index in [9.17, 15) is 4.39 Å². The highest BCUT2D eigenvalue weighted by Crippen LogP contribution is 2.33.